The molecule has 0 saturated heterocycles. The number of hydrogen-bond donors (Lipinski definition) is 1. The van der Waals surface area contributed by atoms with E-state index in [1.165, 1.54) is 64.2 Å². The van der Waals surface area contributed by atoms with Crippen LogP contribution in [0.15, 0.2) is 0 Å². The van der Waals surface area contributed by atoms with E-state index < -0.39 is 11.9 Å². The number of ether oxygens (including phenoxy) is 1. The van der Waals surface area contributed by atoms with Gasteiger partial charge in [0, 0.05) is 0 Å². The number of unbranched alkanes of at least 4 members (excludes halogenated alkanes) is 11. The van der Waals surface area contributed by atoms with Gasteiger partial charge in [-0.2, -0.15) is 0 Å². The second-order valence-corrected chi connectivity index (χ2v) is 6.00. The Bertz CT molecular complexity index is 282. The van der Waals surface area contributed by atoms with Crippen molar-refractivity contribution in [1.82, 2.24) is 0 Å². The van der Waals surface area contributed by atoms with Crippen LogP contribution in [0.2, 0.25) is 0 Å². The molecule has 1 N–H and O–H groups in total. The van der Waals surface area contributed by atoms with Gasteiger partial charge >= 0.3 is 49.7 Å². The van der Waals surface area contributed by atoms with Crippen molar-refractivity contribution in [2.45, 2.75) is 96.8 Å². The summed E-state index contributed by atoms with van der Waals surface area (Å²) < 4.78 is 4.98. The van der Waals surface area contributed by atoms with Crippen LogP contribution in [0.4, 0.5) is 0 Å². The minimum absolute atomic E-state index is 0. The Labute approximate surface area is 171 Å². The fourth-order valence-electron chi connectivity index (χ4n) is 2.41. The van der Waals surface area contributed by atoms with E-state index >= 15 is 0 Å². The Kier molecular flexibility index (Phi) is 22.4. The van der Waals surface area contributed by atoms with Gasteiger partial charge in [-0.05, 0) is 6.42 Å². The first kappa shape index (κ1) is 25.4. The first-order valence-electron chi connectivity index (χ1n) is 9.04. The van der Waals surface area contributed by atoms with E-state index in [-0.39, 0.29) is 50.6 Å². The third kappa shape index (κ3) is 22.2. The van der Waals surface area contributed by atoms with Gasteiger partial charge < -0.3 is 9.84 Å². The summed E-state index contributed by atoms with van der Waals surface area (Å²) in [6.07, 6.45) is 15.1. The molecule has 134 valence electrons. The molecular formula is C18H36CaO4. The molecule has 0 saturated carbocycles. The van der Waals surface area contributed by atoms with Crippen molar-refractivity contribution >= 4 is 49.7 Å². The SMILES string of the molecule is CCCCCCCCCCCCCCOC(=O)CCC(=O)O.[CaH2]. The second-order valence-electron chi connectivity index (χ2n) is 6.00. The first-order valence-corrected chi connectivity index (χ1v) is 9.04. The van der Waals surface area contributed by atoms with Crippen LogP contribution in [0.5, 0.6) is 0 Å². The molecule has 0 unspecified atom stereocenters. The van der Waals surface area contributed by atoms with Gasteiger partial charge in [0.25, 0.3) is 0 Å². The number of esters is 1. The summed E-state index contributed by atoms with van der Waals surface area (Å²) in [6, 6.07) is 0. The quantitative estimate of drug-likeness (QED) is 0.256. The number of carboxylic acid groups (broad SMARTS) is 1. The summed E-state index contributed by atoms with van der Waals surface area (Å²) in [7, 11) is 0. The molecule has 0 amide bonds. The minimum atomic E-state index is -0.956. The standard InChI is InChI=1S/C18H34O4.Ca.2H/c1-2-3-4-5-6-7-8-9-10-11-12-13-16-22-18(21)15-14-17(19)20;;;/h2-16H2,1H3,(H,19,20);;;. The number of hydrogen-bond acceptors (Lipinski definition) is 3. The van der Waals surface area contributed by atoms with Crippen molar-refractivity contribution in [2.24, 2.45) is 0 Å². The van der Waals surface area contributed by atoms with Crippen molar-refractivity contribution in [3.05, 3.63) is 0 Å². The summed E-state index contributed by atoms with van der Waals surface area (Å²) in [5, 5.41) is 8.44. The number of carbonyl (C=O) groups excluding carboxylic acids is 1. The van der Waals surface area contributed by atoms with Crippen molar-refractivity contribution in [2.75, 3.05) is 6.61 Å². The average molecular weight is 357 g/mol. The molecule has 0 aromatic rings. The molecule has 0 spiro atoms. The van der Waals surface area contributed by atoms with E-state index in [1.54, 1.807) is 0 Å². The van der Waals surface area contributed by atoms with Crippen molar-refractivity contribution in [3.8, 4) is 0 Å². The predicted octanol–water partition coefficient (Wildman–Crippen LogP) is 4.18. The molecule has 0 fully saturated rings. The molecule has 0 atom stereocenters. The molecule has 0 aromatic heterocycles. The average Bonchev–Trinajstić information content (AvgIpc) is 2.49. The third-order valence-electron chi connectivity index (χ3n) is 3.80. The molecule has 5 heteroatoms. The van der Waals surface area contributed by atoms with E-state index in [0.717, 1.165) is 12.8 Å². The fraction of sp³-hybridized carbons (Fsp3) is 0.889. The van der Waals surface area contributed by atoms with Gasteiger partial charge in [0.15, 0.2) is 0 Å². The summed E-state index contributed by atoms with van der Waals surface area (Å²) in [5.74, 6) is -1.35. The fourth-order valence-corrected chi connectivity index (χ4v) is 2.41. The van der Waals surface area contributed by atoms with Gasteiger partial charge in [-0.3, -0.25) is 9.59 Å². The summed E-state index contributed by atoms with van der Waals surface area (Å²) in [6.45, 7) is 2.67. The van der Waals surface area contributed by atoms with Crippen LogP contribution in [-0.4, -0.2) is 61.4 Å². The van der Waals surface area contributed by atoms with E-state index in [9.17, 15) is 9.59 Å². The molecular weight excluding hydrogens is 320 g/mol. The molecule has 0 rings (SSSR count). The van der Waals surface area contributed by atoms with Gasteiger partial charge in [-0.15, -0.1) is 0 Å². The third-order valence-corrected chi connectivity index (χ3v) is 3.80. The summed E-state index contributed by atoms with van der Waals surface area (Å²) in [5.41, 5.74) is 0. The predicted molar refractivity (Wildman–Crippen MR) is 97.5 cm³/mol. The Balaban J connectivity index is 0. The van der Waals surface area contributed by atoms with Crippen molar-refractivity contribution in [1.29, 1.82) is 0 Å². The van der Waals surface area contributed by atoms with E-state index in [4.69, 9.17) is 9.84 Å². The second kappa shape index (κ2) is 20.2. The zero-order valence-corrected chi connectivity index (χ0v) is 14.3. The van der Waals surface area contributed by atoms with Crippen LogP contribution in [-0.2, 0) is 14.3 Å². The van der Waals surface area contributed by atoms with Crippen LogP contribution < -0.4 is 0 Å². The van der Waals surface area contributed by atoms with Gasteiger partial charge in [0.1, 0.15) is 0 Å². The normalized spacial score (nSPS) is 10.1. The van der Waals surface area contributed by atoms with Crippen molar-refractivity contribution < 1.29 is 19.4 Å². The van der Waals surface area contributed by atoms with E-state index in [0.29, 0.717) is 6.61 Å². The Hall–Kier alpha value is 0.200. The summed E-state index contributed by atoms with van der Waals surface area (Å²) >= 11 is 0. The molecule has 0 heterocycles. The number of carboxylic acids is 1. The van der Waals surface area contributed by atoms with E-state index in [2.05, 4.69) is 6.92 Å². The first-order chi connectivity index (χ1) is 10.7. The maximum absolute atomic E-state index is 11.2. The Morgan fingerprint density at radius 3 is 1.61 bits per heavy atom. The number of aliphatic carboxylic acids is 1. The van der Waals surface area contributed by atoms with E-state index in [1.807, 2.05) is 0 Å². The van der Waals surface area contributed by atoms with Crippen LogP contribution in [0.1, 0.15) is 96.8 Å². The van der Waals surface area contributed by atoms with Crippen LogP contribution in [0, 0.1) is 0 Å². The molecule has 4 nitrogen and oxygen atoms in total. The molecule has 0 aliphatic rings. The molecule has 0 aromatic carbocycles. The van der Waals surface area contributed by atoms with Crippen LogP contribution in [0.3, 0.4) is 0 Å². The maximum atomic E-state index is 11.2. The molecule has 0 aliphatic carbocycles. The van der Waals surface area contributed by atoms with Crippen LogP contribution in [0.25, 0.3) is 0 Å². The zero-order chi connectivity index (χ0) is 16.5. The Morgan fingerprint density at radius 1 is 0.739 bits per heavy atom. The zero-order valence-electron chi connectivity index (χ0n) is 14.3. The molecule has 0 radical (unpaired) electrons. The van der Waals surface area contributed by atoms with Gasteiger partial charge in [-0.1, -0.05) is 77.6 Å². The summed E-state index contributed by atoms with van der Waals surface area (Å²) in [4.78, 5) is 21.4. The van der Waals surface area contributed by atoms with Crippen LogP contribution >= 0.6 is 0 Å². The van der Waals surface area contributed by atoms with Gasteiger partial charge in [0.05, 0.1) is 19.4 Å². The van der Waals surface area contributed by atoms with Gasteiger partial charge in [-0.25, -0.2) is 0 Å². The topological polar surface area (TPSA) is 63.6 Å². The number of carbonyl (C=O) groups is 2. The molecule has 0 bridgehead atoms. The molecule has 0 aliphatic heterocycles. The monoisotopic (exact) mass is 356 g/mol. The van der Waals surface area contributed by atoms with Gasteiger partial charge in [0.2, 0.25) is 0 Å². The van der Waals surface area contributed by atoms with Crippen molar-refractivity contribution in [3.63, 3.8) is 0 Å². The Morgan fingerprint density at radius 2 is 1.17 bits per heavy atom. The molecule has 23 heavy (non-hydrogen) atoms. The number of rotatable bonds is 16.